The molecule has 0 N–H and O–H groups in total. The molecule has 0 aromatic carbocycles. The second kappa shape index (κ2) is 3.65. The minimum Gasteiger partial charge on any atom is -0.500 e. The number of rotatable bonds is 3. The Labute approximate surface area is 81.2 Å². The van der Waals surface area contributed by atoms with Gasteiger partial charge in [0.15, 0.2) is 0 Å². The second-order valence-corrected chi connectivity index (χ2v) is 3.19. The lowest BCUT2D eigenvalue weighted by atomic mass is 10.0. The lowest BCUT2D eigenvalue weighted by molar-refractivity contribution is -0.132. The minimum absolute atomic E-state index is 0.459. The average Bonchev–Trinajstić information content (AvgIpc) is 2.87. The molecule has 2 aliphatic rings. The maximum Gasteiger partial charge on any atom is 0.232 e. The highest BCUT2D eigenvalue weighted by atomic mass is 16.5. The molecule has 0 aliphatic carbocycles. The van der Waals surface area contributed by atoms with Crippen LogP contribution in [0.3, 0.4) is 0 Å². The van der Waals surface area contributed by atoms with Gasteiger partial charge in [0.25, 0.3) is 0 Å². The number of carbonyl (C=O) groups excluding carboxylic acids is 2. The van der Waals surface area contributed by atoms with Crippen LogP contribution in [0, 0.1) is 0 Å². The number of Topliss-reactive ketones (excluding diaryl/α,β-unsaturated/α-hetero) is 2. The van der Waals surface area contributed by atoms with E-state index < -0.39 is 11.6 Å². The van der Waals surface area contributed by atoms with Crippen LogP contribution < -0.4 is 0 Å². The number of carbonyl (C=O) groups is 2. The molecule has 0 fully saturated rings. The zero-order valence-electron chi connectivity index (χ0n) is 7.62. The standard InChI is InChI=1S/C10H10O4/c11-9(7-1-3-13-5-7)10(12)8-2-4-14-6-8/h5-6H,1-4H2. The van der Waals surface area contributed by atoms with E-state index in [2.05, 4.69) is 0 Å². The van der Waals surface area contributed by atoms with Gasteiger partial charge in [-0.2, -0.15) is 0 Å². The summed E-state index contributed by atoms with van der Waals surface area (Å²) in [5.41, 5.74) is 0.922. The molecule has 0 saturated heterocycles. The molecule has 2 aliphatic heterocycles. The van der Waals surface area contributed by atoms with E-state index in [1.807, 2.05) is 0 Å². The molecule has 0 unspecified atom stereocenters. The third-order valence-electron chi connectivity index (χ3n) is 2.22. The molecular formula is C10H10O4. The van der Waals surface area contributed by atoms with Gasteiger partial charge in [0.1, 0.15) is 0 Å². The van der Waals surface area contributed by atoms with Crippen LogP contribution in [-0.4, -0.2) is 24.8 Å². The molecule has 4 nitrogen and oxygen atoms in total. The van der Waals surface area contributed by atoms with Gasteiger partial charge in [-0.15, -0.1) is 0 Å². The van der Waals surface area contributed by atoms with Crippen molar-refractivity contribution in [2.45, 2.75) is 12.8 Å². The fraction of sp³-hybridized carbons (Fsp3) is 0.400. The Kier molecular flexibility index (Phi) is 2.35. The zero-order valence-corrected chi connectivity index (χ0v) is 7.62. The molecule has 0 aromatic heterocycles. The molecule has 0 amide bonds. The molecule has 4 heteroatoms. The SMILES string of the molecule is O=C(C(=O)C1=COCC1)C1=COCC1. The van der Waals surface area contributed by atoms with Crippen molar-refractivity contribution in [3.63, 3.8) is 0 Å². The van der Waals surface area contributed by atoms with Crippen LogP contribution in [0.1, 0.15) is 12.8 Å². The van der Waals surface area contributed by atoms with Crippen molar-refractivity contribution < 1.29 is 19.1 Å². The number of ketones is 2. The van der Waals surface area contributed by atoms with Gasteiger partial charge in [-0.1, -0.05) is 0 Å². The smallest absolute Gasteiger partial charge is 0.232 e. The third-order valence-corrected chi connectivity index (χ3v) is 2.22. The summed E-state index contributed by atoms with van der Waals surface area (Å²) in [5.74, 6) is -0.918. The first-order chi connectivity index (χ1) is 6.79. The highest BCUT2D eigenvalue weighted by molar-refractivity contribution is 6.48. The van der Waals surface area contributed by atoms with Crippen molar-refractivity contribution >= 4 is 11.6 Å². The molecule has 2 heterocycles. The van der Waals surface area contributed by atoms with Gasteiger partial charge in [0.05, 0.1) is 25.7 Å². The van der Waals surface area contributed by atoms with E-state index in [0.29, 0.717) is 37.2 Å². The van der Waals surface area contributed by atoms with Crippen LogP contribution in [0.15, 0.2) is 23.7 Å². The summed E-state index contributed by atoms with van der Waals surface area (Å²) >= 11 is 0. The molecule has 0 radical (unpaired) electrons. The summed E-state index contributed by atoms with van der Waals surface area (Å²) in [4.78, 5) is 23.1. The monoisotopic (exact) mass is 194 g/mol. The number of hydrogen-bond donors (Lipinski definition) is 0. The topological polar surface area (TPSA) is 52.6 Å². The largest absolute Gasteiger partial charge is 0.500 e. The molecule has 0 atom stereocenters. The van der Waals surface area contributed by atoms with Crippen LogP contribution >= 0.6 is 0 Å². The molecule has 0 aromatic rings. The van der Waals surface area contributed by atoms with Crippen molar-refractivity contribution in [1.29, 1.82) is 0 Å². The Morgan fingerprint density at radius 3 is 1.64 bits per heavy atom. The zero-order chi connectivity index (χ0) is 9.97. The predicted octanol–water partition coefficient (Wildman–Crippen LogP) is 0.733. The fourth-order valence-electron chi connectivity index (χ4n) is 1.40. The van der Waals surface area contributed by atoms with Crippen LogP contribution in [0.25, 0.3) is 0 Å². The van der Waals surface area contributed by atoms with E-state index >= 15 is 0 Å². The lowest BCUT2D eigenvalue weighted by Gasteiger charge is -1.97. The van der Waals surface area contributed by atoms with Crippen LogP contribution in [0.4, 0.5) is 0 Å². The first kappa shape index (κ1) is 8.99. The maximum absolute atomic E-state index is 11.5. The van der Waals surface area contributed by atoms with Crippen molar-refractivity contribution in [2.24, 2.45) is 0 Å². The molecular weight excluding hydrogens is 184 g/mol. The second-order valence-electron chi connectivity index (χ2n) is 3.19. The summed E-state index contributed by atoms with van der Waals surface area (Å²) in [7, 11) is 0. The summed E-state index contributed by atoms with van der Waals surface area (Å²) in [6, 6.07) is 0. The molecule has 14 heavy (non-hydrogen) atoms. The summed E-state index contributed by atoms with van der Waals surface area (Å²) in [6.45, 7) is 0.980. The minimum atomic E-state index is -0.459. The highest BCUT2D eigenvalue weighted by Gasteiger charge is 2.26. The molecule has 0 saturated carbocycles. The summed E-state index contributed by atoms with van der Waals surface area (Å²) in [6.07, 6.45) is 3.80. The highest BCUT2D eigenvalue weighted by Crippen LogP contribution is 2.17. The quantitative estimate of drug-likeness (QED) is 0.621. The third kappa shape index (κ3) is 1.55. The predicted molar refractivity (Wildman–Crippen MR) is 47.3 cm³/mol. The van der Waals surface area contributed by atoms with Gasteiger partial charge in [-0.05, 0) is 0 Å². The van der Waals surface area contributed by atoms with Crippen molar-refractivity contribution in [1.82, 2.24) is 0 Å². The molecule has 2 rings (SSSR count). The summed E-state index contributed by atoms with van der Waals surface area (Å²) < 4.78 is 9.81. The molecule has 0 spiro atoms. The van der Waals surface area contributed by atoms with Gasteiger partial charge in [0.2, 0.25) is 11.6 Å². The van der Waals surface area contributed by atoms with Gasteiger partial charge >= 0.3 is 0 Å². The maximum atomic E-state index is 11.5. The normalized spacial score (nSPS) is 19.4. The van der Waals surface area contributed by atoms with E-state index in [1.54, 1.807) is 0 Å². The van der Waals surface area contributed by atoms with E-state index in [-0.39, 0.29) is 0 Å². The van der Waals surface area contributed by atoms with Crippen molar-refractivity contribution in [3.05, 3.63) is 23.7 Å². The van der Waals surface area contributed by atoms with Crippen molar-refractivity contribution in [2.75, 3.05) is 13.2 Å². The Morgan fingerprint density at radius 1 is 0.929 bits per heavy atom. The van der Waals surface area contributed by atoms with Gasteiger partial charge in [-0.3, -0.25) is 9.59 Å². The van der Waals surface area contributed by atoms with Gasteiger partial charge < -0.3 is 9.47 Å². The Bertz CT molecular complexity index is 304. The lowest BCUT2D eigenvalue weighted by Crippen LogP contribution is -2.17. The molecule has 74 valence electrons. The first-order valence-electron chi connectivity index (χ1n) is 4.49. The molecule has 0 bridgehead atoms. The van der Waals surface area contributed by atoms with Crippen LogP contribution in [0.5, 0.6) is 0 Å². The van der Waals surface area contributed by atoms with E-state index in [0.717, 1.165) is 0 Å². The Morgan fingerprint density at radius 2 is 1.36 bits per heavy atom. The average molecular weight is 194 g/mol. The van der Waals surface area contributed by atoms with Gasteiger partial charge in [-0.25, -0.2) is 0 Å². The van der Waals surface area contributed by atoms with Gasteiger partial charge in [0, 0.05) is 24.0 Å². The van der Waals surface area contributed by atoms with E-state index in [4.69, 9.17) is 9.47 Å². The van der Waals surface area contributed by atoms with E-state index in [1.165, 1.54) is 12.5 Å². The first-order valence-corrected chi connectivity index (χ1v) is 4.49. The number of ether oxygens (including phenoxy) is 2. The summed E-state index contributed by atoms with van der Waals surface area (Å²) in [5, 5.41) is 0. The number of hydrogen-bond acceptors (Lipinski definition) is 4. The van der Waals surface area contributed by atoms with Crippen LogP contribution in [-0.2, 0) is 19.1 Å². The fourth-order valence-corrected chi connectivity index (χ4v) is 1.40. The van der Waals surface area contributed by atoms with E-state index in [9.17, 15) is 9.59 Å². The Hall–Kier alpha value is -1.58. The van der Waals surface area contributed by atoms with Crippen LogP contribution in [0.2, 0.25) is 0 Å². The van der Waals surface area contributed by atoms with Crippen molar-refractivity contribution in [3.8, 4) is 0 Å². The Balaban J connectivity index is 2.07.